The number of nitrogens with zero attached hydrogens (tertiary/aromatic N) is 1. The first kappa shape index (κ1) is 17.0. The fourth-order valence-electron chi connectivity index (χ4n) is 1.51. The van der Waals surface area contributed by atoms with Crippen LogP contribution in [0.15, 0.2) is 23.1 Å². The summed E-state index contributed by atoms with van der Waals surface area (Å²) in [6, 6.07) is 0.508. The molecule has 0 aliphatic carbocycles. The number of non-ortho nitro benzene ring substituents is 1. The van der Waals surface area contributed by atoms with Crippen LogP contribution in [-0.2, 0) is 14.8 Å². The van der Waals surface area contributed by atoms with Crippen LogP contribution >= 0.6 is 0 Å². The average molecular weight is 320 g/mol. The van der Waals surface area contributed by atoms with Gasteiger partial charge in [0, 0.05) is 12.1 Å². The highest BCUT2D eigenvalue weighted by Crippen LogP contribution is 2.21. The summed E-state index contributed by atoms with van der Waals surface area (Å²) in [6.45, 7) is 2.93. The minimum atomic E-state index is -4.55. The summed E-state index contributed by atoms with van der Waals surface area (Å²) in [7, 11) is -4.55. The summed E-state index contributed by atoms with van der Waals surface area (Å²) in [6.07, 6.45) is 0. The Morgan fingerprint density at radius 3 is 2.43 bits per heavy atom. The summed E-state index contributed by atoms with van der Waals surface area (Å²) in [5.41, 5.74) is -0.617. The van der Waals surface area contributed by atoms with Gasteiger partial charge in [-0.2, -0.15) is 4.72 Å². The third-order valence-corrected chi connectivity index (χ3v) is 4.09. The van der Waals surface area contributed by atoms with Crippen LogP contribution < -0.4 is 4.72 Å². The number of carboxylic acid groups (broad SMARTS) is 1. The van der Waals surface area contributed by atoms with Crippen molar-refractivity contribution in [1.29, 1.82) is 0 Å². The minimum Gasteiger partial charge on any atom is -0.480 e. The largest absolute Gasteiger partial charge is 0.480 e. The Bertz CT molecular complexity index is 673. The van der Waals surface area contributed by atoms with Crippen molar-refractivity contribution in [2.24, 2.45) is 5.92 Å². The van der Waals surface area contributed by atoms with Gasteiger partial charge < -0.3 is 5.11 Å². The van der Waals surface area contributed by atoms with Crippen LogP contribution in [0, 0.1) is 21.8 Å². The van der Waals surface area contributed by atoms with E-state index in [1.54, 1.807) is 0 Å². The summed E-state index contributed by atoms with van der Waals surface area (Å²) in [4.78, 5) is 19.7. The maximum atomic E-state index is 13.6. The van der Waals surface area contributed by atoms with Gasteiger partial charge in [-0.15, -0.1) is 0 Å². The van der Waals surface area contributed by atoms with E-state index < -0.39 is 49.3 Å². The Labute approximate surface area is 119 Å². The molecule has 0 fully saturated rings. The van der Waals surface area contributed by atoms with Crippen LogP contribution in [-0.4, -0.2) is 30.5 Å². The number of aliphatic carboxylic acids is 1. The third kappa shape index (κ3) is 3.95. The first-order valence-corrected chi connectivity index (χ1v) is 7.23. The number of benzene rings is 1. The van der Waals surface area contributed by atoms with Gasteiger partial charge in [0.05, 0.1) is 4.92 Å². The Balaban J connectivity index is 3.27. The van der Waals surface area contributed by atoms with E-state index in [2.05, 4.69) is 0 Å². The second-order valence-corrected chi connectivity index (χ2v) is 6.24. The lowest BCUT2D eigenvalue weighted by atomic mass is 10.1. The van der Waals surface area contributed by atoms with E-state index in [9.17, 15) is 27.7 Å². The van der Waals surface area contributed by atoms with Crippen LogP contribution in [0.3, 0.4) is 0 Å². The maximum absolute atomic E-state index is 13.6. The number of nitro groups is 1. The molecule has 1 rings (SSSR count). The predicted molar refractivity (Wildman–Crippen MR) is 69.6 cm³/mol. The fourth-order valence-corrected chi connectivity index (χ4v) is 2.95. The normalized spacial score (nSPS) is 13.1. The number of nitro benzene ring substituents is 1. The summed E-state index contributed by atoms with van der Waals surface area (Å²) >= 11 is 0. The van der Waals surface area contributed by atoms with E-state index in [1.165, 1.54) is 13.8 Å². The zero-order chi connectivity index (χ0) is 16.4. The van der Waals surface area contributed by atoms with Crippen molar-refractivity contribution >= 4 is 21.7 Å². The van der Waals surface area contributed by atoms with Crippen molar-refractivity contribution < 1.29 is 27.6 Å². The molecule has 0 bridgehead atoms. The van der Waals surface area contributed by atoms with Gasteiger partial charge in [-0.1, -0.05) is 13.8 Å². The molecule has 0 aliphatic rings. The summed E-state index contributed by atoms with van der Waals surface area (Å²) in [5.74, 6) is -3.24. The Morgan fingerprint density at radius 1 is 1.43 bits per heavy atom. The zero-order valence-electron chi connectivity index (χ0n) is 11.1. The first-order chi connectivity index (χ1) is 9.56. The Kier molecular flexibility index (Phi) is 4.97. The second kappa shape index (κ2) is 6.14. The molecule has 1 aromatic carbocycles. The lowest BCUT2D eigenvalue weighted by Gasteiger charge is -2.18. The van der Waals surface area contributed by atoms with Gasteiger partial charge in [-0.3, -0.25) is 14.9 Å². The highest BCUT2D eigenvalue weighted by Gasteiger charge is 2.30. The minimum absolute atomic E-state index is 0.539. The molecule has 1 unspecified atom stereocenters. The van der Waals surface area contributed by atoms with Gasteiger partial charge in [0.2, 0.25) is 10.0 Å². The molecule has 10 heteroatoms. The van der Waals surface area contributed by atoms with Crippen molar-refractivity contribution in [2.45, 2.75) is 24.8 Å². The van der Waals surface area contributed by atoms with Gasteiger partial charge in [0.15, 0.2) is 0 Å². The number of hydrogen-bond acceptors (Lipinski definition) is 5. The van der Waals surface area contributed by atoms with Gasteiger partial charge >= 0.3 is 5.97 Å². The Hall–Kier alpha value is -2.07. The average Bonchev–Trinajstić information content (AvgIpc) is 2.35. The van der Waals surface area contributed by atoms with Crippen LogP contribution in [0.5, 0.6) is 0 Å². The number of sulfonamides is 1. The molecule has 0 saturated heterocycles. The van der Waals surface area contributed by atoms with Crippen molar-refractivity contribution in [1.82, 2.24) is 4.72 Å². The number of nitrogens with one attached hydrogen (secondary N) is 1. The van der Waals surface area contributed by atoms with Gasteiger partial charge in [0.25, 0.3) is 5.69 Å². The highest BCUT2D eigenvalue weighted by atomic mass is 32.2. The highest BCUT2D eigenvalue weighted by molar-refractivity contribution is 7.89. The molecule has 0 saturated carbocycles. The molecule has 0 radical (unpaired) electrons. The standard InChI is InChI=1S/C11H13FN2O6S/c1-6(2)10(11(15)16)13-21(19,20)9-5-7(14(17)18)3-4-8(9)12/h3-6,10,13H,1-2H3,(H,15,16). The number of carbonyl (C=O) groups is 1. The van der Waals surface area contributed by atoms with Gasteiger partial charge in [-0.05, 0) is 12.0 Å². The molecule has 116 valence electrons. The lowest BCUT2D eigenvalue weighted by Crippen LogP contribution is -2.44. The number of halogens is 1. The van der Waals surface area contributed by atoms with E-state index in [-0.39, 0.29) is 0 Å². The smallest absolute Gasteiger partial charge is 0.322 e. The van der Waals surface area contributed by atoms with Crippen molar-refractivity contribution in [3.63, 3.8) is 0 Å². The van der Waals surface area contributed by atoms with E-state index in [0.717, 1.165) is 6.07 Å². The second-order valence-electron chi connectivity index (χ2n) is 4.55. The molecule has 1 aromatic rings. The van der Waals surface area contributed by atoms with Crippen LogP contribution in [0.4, 0.5) is 10.1 Å². The number of rotatable bonds is 6. The van der Waals surface area contributed by atoms with Gasteiger partial charge in [-0.25, -0.2) is 12.8 Å². The van der Waals surface area contributed by atoms with Crippen LogP contribution in [0.25, 0.3) is 0 Å². The number of hydrogen-bond donors (Lipinski definition) is 2. The molecule has 8 nitrogen and oxygen atoms in total. The van der Waals surface area contributed by atoms with Crippen molar-refractivity contribution in [3.8, 4) is 0 Å². The lowest BCUT2D eigenvalue weighted by molar-refractivity contribution is -0.385. The molecule has 0 aromatic heterocycles. The Morgan fingerprint density at radius 2 is 2.00 bits per heavy atom. The third-order valence-electron chi connectivity index (χ3n) is 2.63. The zero-order valence-corrected chi connectivity index (χ0v) is 11.9. The van der Waals surface area contributed by atoms with Crippen molar-refractivity contribution in [3.05, 3.63) is 34.1 Å². The molecule has 21 heavy (non-hydrogen) atoms. The topological polar surface area (TPSA) is 127 Å². The van der Waals surface area contributed by atoms with Crippen LogP contribution in [0.1, 0.15) is 13.8 Å². The molecule has 1 atom stereocenters. The van der Waals surface area contributed by atoms with E-state index in [4.69, 9.17) is 5.11 Å². The summed E-state index contributed by atoms with van der Waals surface area (Å²) in [5, 5.41) is 19.5. The molecule has 0 amide bonds. The molecule has 0 heterocycles. The van der Waals surface area contributed by atoms with Crippen LogP contribution in [0.2, 0.25) is 0 Å². The maximum Gasteiger partial charge on any atom is 0.322 e. The first-order valence-electron chi connectivity index (χ1n) is 5.75. The fraction of sp³-hybridized carbons (Fsp3) is 0.364. The molecular formula is C11H13FN2O6S. The van der Waals surface area contributed by atoms with Crippen molar-refractivity contribution in [2.75, 3.05) is 0 Å². The summed E-state index contributed by atoms with van der Waals surface area (Å²) < 4.78 is 39.4. The van der Waals surface area contributed by atoms with E-state index in [1.807, 2.05) is 4.72 Å². The predicted octanol–water partition coefficient (Wildman–Crippen LogP) is 1.12. The van der Waals surface area contributed by atoms with Gasteiger partial charge in [0.1, 0.15) is 16.8 Å². The van der Waals surface area contributed by atoms with E-state index in [0.29, 0.717) is 12.1 Å². The molecular weight excluding hydrogens is 307 g/mol. The monoisotopic (exact) mass is 320 g/mol. The molecule has 2 N–H and O–H groups in total. The SMILES string of the molecule is CC(C)C(NS(=O)(=O)c1cc([N+](=O)[O-])ccc1F)C(=O)O. The molecule has 0 aliphatic heterocycles. The van der Waals surface area contributed by atoms with E-state index >= 15 is 0 Å². The quantitative estimate of drug-likeness (QED) is 0.597. The number of carboxylic acids is 1. The molecule has 0 spiro atoms.